The summed E-state index contributed by atoms with van der Waals surface area (Å²) in [5.74, 6) is -0.247. The number of carbonyl (C=O) groups excluding carboxylic acids is 2. The highest BCUT2D eigenvalue weighted by molar-refractivity contribution is 5.86. The van der Waals surface area contributed by atoms with Crippen molar-refractivity contribution in [3.63, 3.8) is 0 Å². The average molecular weight is 196 g/mol. The fraction of sp³-hybridized carbons (Fsp3) is 0.636. The number of ether oxygens (including phenoxy) is 1. The number of allylic oxidation sites excluding steroid dienone is 1. The molecule has 0 N–H and O–H groups in total. The Bertz CT molecular complexity index is 302. The fourth-order valence-corrected chi connectivity index (χ4v) is 1.91. The van der Waals surface area contributed by atoms with Crippen LogP contribution in [0.5, 0.6) is 0 Å². The molecule has 0 saturated heterocycles. The van der Waals surface area contributed by atoms with E-state index in [0.29, 0.717) is 5.57 Å². The Morgan fingerprint density at radius 1 is 1.43 bits per heavy atom. The molecular weight excluding hydrogens is 180 g/mol. The maximum Gasteiger partial charge on any atom is 0.316 e. The first kappa shape index (κ1) is 11.0. The van der Waals surface area contributed by atoms with E-state index in [-0.39, 0.29) is 11.4 Å². The molecule has 0 spiro atoms. The number of hydrogen-bond donors (Lipinski definition) is 0. The molecule has 1 rings (SSSR count). The van der Waals surface area contributed by atoms with Gasteiger partial charge in [0.2, 0.25) is 0 Å². The van der Waals surface area contributed by atoms with Crippen molar-refractivity contribution in [2.75, 3.05) is 7.11 Å². The zero-order valence-electron chi connectivity index (χ0n) is 9.09. The van der Waals surface area contributed by atoms with Crippen molar-refractivity contribution < 1.29 is 14.3 Å². The summed E-state index contributed by atoms with van der Waals surface area (Å²) in [7, 11) is 1.38. The molecule has 3 nitrogen and oxygen atoms in total. The number of rotatable bonds is 3. The second kappa shape index (κ2) is 3.23. The van der Waals surface area contributed by atoms with Gasteiger partial charge in [0.25, 0.3) is 0 Å². The van der Waals surface area contributed by atoms with Gasteiger partial charge in [-0.25, -0.2) is 0 Å². The molecule has 1 unspecified atom stereocenters. The van der Waals surface area contributed by atoms with Gasteiger partial charge in [0.1, 0.15) is 6.29 Å². The van der Waals surface area contributed by atoms with E-state index in [4.69, 9.17) is 4.74 Å². The lowest BCUT2D eigenvalue weighted by molar-refractivity contribution is -0.146. The first-order valence-electron chi connectivity index (χ1n) is 4.63. The lowest BCUT2D eigenvalue weighted by Gasteiger charge is -2.13. The van der Waals surface area contributed by atoms with Crippen molar-refractivity contribution in [3.8, 4) is 0 Å². The van der Waals surface area contributed by atoms with Crippen molar-refractivity contribution in [1.29, 1.82) is 0 Å². The van der Waals surface area contributed by atoms with Gasteiger partial charge in [-0.3, -0.25) is 9.59 Å². The fourth-order valence-electron chi connectivity index (χ4n) is 1.91. The van der Waals surface area contributed by atoms with Crippen LogP contribution in [0, 0.1) is 10.8 Å². The Labute approximate surface area is 84.1 Å². The van der Waals surface area contributed by atoms with Crippen LogP contribution in [-0.2, 0) is 14.3 Å². The third-order valence-corrected chi connectivity index (χ3v) is 3.01. The molecule has 0 amide bonds. The smallest absolute Gasteiger partial charge is 0.316 e. The van der Waals surface area contributed by atoms with Gasteiger partial charge in [-0.05, 0) is 24.3 Å². The Balaban J connectivity index is 2.99. The zero-order chi connectivity index (χ0) is 11.0. The zero-order valence-corrected chi connectivity index (χ0v) is 9.09. The number of aldehydes is 1. The molecule has 1 aliphatic rings. The standard InChI is InChI=1S/C11H16O3/c1-8(6-12)5-11(9(13)14-4)7-10(11,2)3/h5-6H,7H2,1-4H3. The van der Waals surface area contributed by atoms with Gasteiger partial charge in [0, 0.05) is 0 Å². The van der Waals surface area contributed by atoms with Crippen LogP contribution in [0.15, 0.2) is 11.6 Å². The lowest BCUT2D eigenvalue weighted by Crippen LogP contribution is -2.21. The van der Waals surface area contributed by atoms with Gasteiger partial charge in [-0.15, -0.1) is 0 Å². The molecule has 1 atom stereocenters. The summed E-state index contributed by atoms with van der Waals surface area (Å²) in [6.07, 6.45) is 3.24. The molecule has 0 aromatic carbocycles. The molecule has 1 saturated carbocycles. The maximum atomic E-state index is 11.6. The third-order valence-electron chi connectivity index (χ3n) is 3.01. The molecule has 14 heavy (non-hydrogen) atoms. The molecular formula is C11H16O3. The van der Waals surface area contributed by atoms with Gasteiger partial charge in [0.05, 0.1) is 12.5 Å². The van der Waals surface area contributed by atoms with Crippen molar-refractivity contribution in [1.82, 2.24) is 0 Å². The highest BCUT2D eigenvalue weighted by atomic mass is 16.5. The van der Waals surface area contributed by atoms with Crippen LogP contribution in [0.25, 0.3) is 0 Å². The molecule has 0 radical (unpaired) electrons. The van der Waals surface area contributed by atoms with Crippen LogP contribution in [0.3, 0.4) is 0 Å². The first-order valence-corrected chi connectivity index (χ1v) is 4.63. The summed E-state index contributed by atoms with van der Waals surface area (Å²) in [5, 5.41) is 0. The average Bonchev–Trinajstić information content (AvgIpc) is 2.68. The Morgan fingerprint density at radius 2 is 1.93 bits per heavy atom. The third kappa shape index (κ3) is 1.47. The van der Waals surface area contributed by atoms with E-state index in [1.807, 2.05) is 13.8 Å². The van der Waals surface area contributed by atoms with Crippen LogP contribution < -0.4 is 0 Å². The van der Waals surface area contributed by atoms with E-state index in [1.165, 1.54) is 7.11 Å². The quantitative estimate of drug-likeness (QED) is 0.392. The first-order chi connectivity index (χ1) is 6.39. The van der Waals surface area contributed by atoms with E-state index in [0.717, 1.165) is 12.7 Å². The summed E-state index contributed by atoms with van der Waals surface area (Å²) in [5.41, 5.74) is -0.0853. The molecule has 0 bridgehead atoms. The molecule has 3 heteroatoms. The van der Waals surface area contributed by atoms with E-state index in [2.05, 4.69) is 0 Å². The molecule has 78 valence electrons. The van der Waals surface area contributed by atoms with E-state index < -0.39 is 5.41 Å². The van der Waals surface area contributed by atoms with Gasteiger partial charge >= 0.3 is 5.97 Å². The maximum absolute atomic E-state index is 11.6. The Morgan fingerprint density at radius 3 is 2.21 bits per heavy atom. The van der Waals surface area contributed by atoms with Gasteiger partial charge in [0.15, 0.2) is 0 Å². The minimum atomic E-state index is -0.577. The monoisotopic (exact) mass is 196 g/mol. The number of carbonyl (C=O) groups is 2. The topological polar surface area (TPSA) is 43.4 Å². The SMILES string of the molecule is COC(=O)C1(C=C(C)C=O)CC1(C)C. The highest BCUT2D eigenvalue weighted by Gasteiger charge is 2.65. The van der Waals surface area contributed by atoms with Crippen molar-refractivity contribution in [2.24, 2.45) is 10.8 Å². The van der Waals surface area contributed by atoms with E-state index in [1.54, 1.807) is 13.0 Å². The summed E-state index contributed by atoms with van der Waals surface area (Å²) >= 11 is 0. The molecule has 0 heterocycles. The summed E-state index contributed by atoms with van der Waals surface area (Å²) in [4.78, 5) is 22.1. The molecule has 0 aromatic heterocycles. The van der Waals surface area contributed by atoms with Crippen LogP contribution >= 0.6 is 0 Å². The van der Waals surface area contributed by atoms with Gasteiger partial charge in [-0.1, -0.05) is 19.9 Å². The molecule has 1 fully saturated rings. The van der Waals surface area contributed by atoms with Crippen LogP contribution in [0.2, 0.25) is 0 Å². The second-order valence-electron chi connectivity index (χ2n) is 4.53. The predicted molar refractivity (Wildman–Crippen MR) is 52.7 cm³/mol. The summed E-state index contributed by atoms with van der Waals surface area (Å²) < 4.78 is 4.76. The van der Waals surface area contributed by atoms with E-state index in [9.17, 15) is 9.59 Å². The van der Waals surface area contributed by atoms with Crippen molar-refractivity contribution >= 4 is 12.3 Å². The predicted octanol–water partition coefficient (Wildman–Crippen LogP) is 1.72. The van der Waals surface area contributed by atoms with Gasteiger partial charge < -0.3 is 4.74 Å². The normalized spacial score (nSPS) is 29.6. The molecule has 0 aliphatic heterocycles. The van der Waals surface area contributed by atoms with Crippen molar-refractivity contribution in [3.05, 3.63) is 11.6 Å². The van der Waals surface area contributed by atoms with E-state index >= 15 is 0 Å². The largest absolute Gasteiger partial charge is 0.468 e. The van der Waals surface area contributed by atoms with Gasteiger partial charge in [-0.2, -0.15) is 0 Å². The summed E-state index contributed by atoms with van der Waals surface area (Å²) in [6, 6.07) is 0. The van der Waals surface area contributed by atoms with Crippen LogP contribution in [-0.4, -0.2) is 19.4 Å². The highest BCUT2D eigenvalue weighted by Crippen LogP contribution is 2.65. The van der Waals surface area contributed by atoms with Crippen molar-refractivity contribution in [2.45, 2.75) is 27.2 Å². The molecule has 0 aromatic rings. The Hall–Kier alpha value is -1.12. The minimum absolute atomic E-state index is 0.0929. The second-order valence-corrected chi connectivity index (χ2v) is 4.53. The lowest BCUT2D eigenvalue weighted by atomic mass is 9.94. The number of hydrogen-bond acceptors (Lipinski definition) is 3. The summed E-state index contributed by atoms with van der Waals surface area (Å²) in [6.45, 7) is 5.70. The Kier molecular flexibility index (Phi) is 2.52. The number of esters is 1. The molecule has 1 aliphatic carbocycles. The van der Waals surface area contributed by atoms with Crippen LogP contribution in [0.1, 0.15) is 27.2 Å². The number of methoxy groups -OCH3 is 1. The van der Waals surface area contributed by atoms with Crippen LogP contribution in [0.4, 0.5) is 0 Å². The minimum Gasteiger partial charge on any atom is -0.468 e.